The molecule has 29 heavy (non-hydrogen) atoms. The summed E-state index contributed by atoms with van der Waals surface area (Å²) in [5, 5.41) is 2.55. The van der Waals surface area contributed by atoms with E-state index in [1.165, 1.54) is 13.0 Å². The number of hydrogen-bond acceptors (Lipinski definition) is 5. The SMILES string of the molecule is C[C@@H](C(=O)OCC(=O)NCCc1ccccc1F)N1C(=O)[C@H]2CCCC[C@H]2C1=O. The van der Waals surface area contributed by atoms with Crippen molar-refractivity contribution < 1.29 is 28.3 Å². The van der Waals surface area contributed by atoms with Crippen LogP contribution in [0.5, 0.6) is 0 Å². The molecular weight excluding hydrogens is 379 g/mol. The Morgan fingerprint density at radius 1 is 1.17 bits per heavy atom. The third-order valence-electron chi connectivity index (χ3n) is 5.62. The number of amides is 3. The quantitative estimate of drug-likeness (QED) is 0.550. The number of benzene rings is 1. The number of imide groups is 1. The Bertz CT molecular complexity index is 788. The fourth-order valence-corrected chi connectivity index (χ4v) is 4.02. The monoisotopic (exact) mass is 404 g/mol. The molecule has 2 aliphatic rings. The van der Waals surface area contributed by atoms with Gasteiger partial charge in [-0.05, 0) is 37.8 Å². The average molecular weight is 404 g/mol. The zero-order chi connectivity index (χ0) is 21.0. The first kappa shape index (κ1) is 21.0. The highest BCUT2D eigenvalue weighted by Gasteiger charge is 2.51. The third kappa shape index (κ3) is 4.63. The highest BCUT2D eigenvalue weighted by atomic mass is 19.1. The maximum absolute atomic E-state index is 13.5. The van der Waals surface area contributed by atoms with Crippen molar-refractivity contribution in [2.24, 2.45) is 11.8 Å². The number of esters is 1. The van der Waals surface area contributed by atoms with Crippen molar-refractivity contribution in [3.05, 3.63) is 35.6 Å². The molecule has 7 nitrogen and oxygen atoms in total. The van der Waals surface area contributed by atoms with Crippen LogP contribution in [0.2, 0.25) is 0 Å². The molecular formula is C21H25FN2O5. The lowest BCUT2D eigenvalue weighted by molar-refractivity contribution is -0.159. The minimum absolute atomic E-state index is 0.194. The molecule has 3 rings (SSSR count). The summed E-state index contributed by atoms with van der Waals surface area (Å²) < 4.78 is 18.5. The molecule has 0 aromatic heterocycles. The molecule has 0 spiro atoms. The molecule has 1 heterocycles. The highest BCUT2D eigenvalue weighted by molar-refractivity contribution is 6.07. The number of rotatable bonds is 7. The van der Waals surface area contributed by atoms with Crippen LogP contribution in [0.25, 0.3) is 0 Å². The fraction of sp³-hybridized carbons (Fsp3) is 0.524. The molecule has 3 atom stereocenters. The molecule has 1 saturated heterocycles. The zero-order valence-corrected chi connectivity index (χ0v) is 16.4. The summed E-state index contributed by atoms with van der Waals surface area (Å²) in [6.45, 7) is 1.11. The molecule has 1 aliphatic heterocycles. The van der Waals surface area contributed by atoms with E-state index in [4.69, 9.17) is 4.74 Å². The van der Waals surface area contributed by atoms with Gasteiger partial charge in [-0.2, -0.15) is 0 Å². The molecule has 0 bridgehead atoms. The van der Waals surface area contributed by atoms with E-state index in [9.17, 15) is 23.6 Å². The minimum Gasteiger partial charge on any atom is -0.454 e. The van der Waals surface area contributed by atoms with Crippen LogP contribution in [0.1, 0.15) is 38.2 Å². The topological polar surface area (TPSA) is 92.8 Å². The van der Waals surface area contributed by atoms with Crippen LogP contribution in [0.4, 0.5) is 4.39 Å². The first-order chi connectivity index (χ1) is 13.9. The summed E-state index contributed by atoms with van der Waals surface area (Å²) in [5.74, 6) is -3.00. The summed E-state index contributed by atoms with van der Waals surface area (Å²) in [6.07, 6.45) is 3.44. The molecule has 0 unspecified atom stereocenters. The fourth-order valence-electron chi connectivity index (χ4n) is 4.02. The molecule has 1 aromatic rings. The van der Waals surface area contributed by atoms with Gasteiger partial charge in [-0.25, -0.2) is 9.18 Å². The van der Waals surface area contributed by atoms with Gasteiger partial charge in [0.2, 0.25) is 11.8 Å². The number of hydrogen-bond donors (Lipinski definition) is 1. The minimum atomic E-state index is -1.06. The molecule has 1 aromatic carbocycles. The number of nitrogens with one attached hydrogen (secondary N) is 1. The lowest BCUT2D eigenvalue weighted by Gasteiger charge is -2.21. The summed E-state index contributed by atoms with van der Waals surface area (Å²) in [5.41, 5.74) is 0.478. The first-order valence-electron chi connectivity index (χ1n) is 9.93. The average Bonchev–Trinajstić information content (AvgIpc) is 2.97. The molecule has 3 amide bonds. The largest absolute Gasteiger partial charge is 0.454 e. The van der Waals surface area contributed by atoms with Crippen molar-refractivity contribution in [3.8, 4) is 0 Å². The van der Waals surface area contributed by atoms with Gasteiger partial charge in [0.25, 0.3) is 5.91 Å². The number of carbonyl (C=O) groups excluding carboxylic acids is 4. The van der Waals surface area contributed by atoms with Gasteiger partial charge in [0, 0.05) is 6.54 Å². The smallest absolute Gasteiger partial charge is 0.329 e. The molecule has 2 fully saturated rings. The van der Waals surface area contributed by atoms with E-state index in [1.807, 2.05) is 0 Å². The van der Waals surface area contributed by atoms with E-state index in [2.05, 4.69) is 5.32 Å². The number of halogens is 1. The molecule has 156 valence electrons. The van der Waals surface area contributed by atoms with Crippen molar-refractivity contribution in [2.75, 3.05) is 13.2 Å². The highest BCUT2D eigenvalue weighted by Crippen LogP contribution is 2.38. The summed E-state index contributed by atoms with van der Waals surface area (Å²) >= 11 is 0. The van der Waals surface area contributed by atoms with Crippen LogP contribution in [0.3, 0.4) is 0 Å². The Kier molecular flexibility index (Phi) is 6.61. The normalized spacial score (nSPS) is 22.2. The first-order valence-corrected chi connectivity index (χ1v) is 9.93. The van der Waals surface area contributed by atoms with Gasteiger partial charge < -0.3 is 10.1 Å². The van der Waals surface area contributed by atoms with Gasteiger partial charge in [-0.1, -0.05) is 31.0 Å². The Hall–Kier alpha value is -2.77. The lowest BCUT2D eigenvalue weighted by Crippen LogP contribution is -2.45. The Balaban J connectivity index is 1.45. The van der Waals surface area contributed by atoms with Crippen molar-refractivity contribution in [2.45, 2.75) is 45.1 Å². The predicted octanol–water partition coefficient (Wildman–Crippen LogP) is 1.59. The van der Waals surface area contributed by atoms with Crippen LogP contribution in [-0.4, -0.2) is 47.8 Å². The number of nitrogens with zero attached hydrogens (tertiary/aromatic N) is 1. The summed E-state index contributed by atoms with van der Waals surface area (Å²) in [6, 6.07) is 5.21. The molecule has 1 saturated carbocycles. The van der Waals surface area contributed by atoms with Crippen LogP contribution in [-0.2, 0) is 30.3 Å². The maximum atomic E-state index is 13.5. The van der Waals surface area contributed by atoms with Crippen molar-refractivity contribution in [1.29, 1.82) is 0 Å². The van der Waals surface area contributed by atoms with E-state index in [0.717, 1.165) is 17.7 Å². The van der Waals surface area contributed by atoms with Gasteiger partial charge in [-0.3, -0.25) is 19.3 Å². The van der Waals surface area contributed by atoms with Gasteiger partial charge >= 0.3 is 5.97 Å². The van der Waals surface area contributed by atoms with E-state index in [-0.39, 0.29) is 36.0 Å². The predicted molar refractivity (Wildman–Crippen MR) is 101 cm³/mol. The van der Waals surface area contributed by atoms with E-state index in [1.54, 1.807) is 18.2 Å². The lowest BCUT2D eigenvalue weighted by atomic mass is 9.81. The van der Waals surface area contributed by atoms with E-state index >= 15 is 0 Å². The number of carbonyl (C=O) groups is 4. The summed E-state index contributed by atoms with van der Waals surface area (Å²) in [7, 11) is 0. The Morgan fingerprint density at radius 2 is 1.79 bits per heavy atom. The van der Waals surface area contributed by atoms with Crippen LogP contribution >= 0.6 is 0 Å². The van der Waals surface area contributed by atoms with Crippen LogP contribution in [0, 0.1) is 17.7 Å². The second kappa shape index (κ2) is 9.15. The number of likely N-dealkylation sites (tertiary alicyclic amines) is 1. The zero-order valence-electron chi connectivity index (χ0n) is 16.4. The number of fused-ring (bicyclic) bond motifs is 1. The third-order valence-corrected chi connectivity index (χ3v) is 5.62. The second-order valence-corrected chi connectivity index (χ2v) is 7.52. The van der Waals surface area contributed by atoms with Gasteiger partial charge in [-0.15, -0.1) is 0 Å². The maximum Gasteiger partial charge on any atom is 0.329 e. The van der Waals surface area contributed by atoms with Crippen LogP contribution < -0.4 is 5.32 Å². The molecule has 0 radical (unpaired) electrons. The molecule has 1 aliphatic carbocycles. The van der Waals surface area contributed by atoms with Gasteiger partial charge in [0.1, 0.15) is 11.9 Å². The van der Waals surface area contributed by atoms with Gasteiger partial charge in [0.15, 0.2) is 6.61 Å². The van der Waals surface area contributed by atoms with E-state index < -0.39 is 24.5 Å². The van der Waals surface area contributed by atoms with Crippen molar-refractivity contribution in [1.82, 2.24) is 10.2 Å². The van der Waals surface area contributed by atoms with Crippen LogP contribution in [0.15, 0.2) is 24.3 Å². The van der Waals surface area contributed by atoms with Crippen molar-refractivity contribution in [3.63, 3.8) is 0 Å². The Labute approximate surface area is 168 Å². The second-order valence-electron chi connectivity index (χ2n) is 7.52. The molecule has 8 heteroatoms. The van der Waals surface area contributed by atoms with Crippen molar-refractivity contribution >= 4 is 23.7 Å². The number of ether oxygens (including phenoxy) is 1. The molecule has 1 N–H and O–H groups in total. The Morgan fingerprint density at radius 3 is 2.41 bits per heavy atom. The van der Waals surface area contributed by atoms with E-state index in [0.29, 0.717) is 24.8 Å². The summed E-state index contributed by atoms with van der Waals surface area (Å²) in [4.78, 5) is 50.2. The standard InChI is InChI=1S/C21H25FN2O5/c1-13(24-19(26)15-7-3-4-8-16(15)20(24)27)21(28)29-12-18(25)23-11-10-14-6-2-5-9-17(14)22/h2,5-6,9,13,15-16H,3-4,7-8,10-12H2,1H3,(H,23,25)/t13-,15-,16+/m0/s1. The van der Waals surface area contributed by atoms with Gasteiger partial charge in [0.05, 0.1) is 11.8 Å².